The fourth-order valence-corrected chi connectivity index (χ4v) is 2.66. The fraction of sp³-hybridized carbons (Fsp3) is 0.353. The summed E-state index contributed by atoms with van der Waals surface area (Å²) < 4.78 is 11.0. The van der Waals surface area contributed by atoms with E-state index in [-0.39, 0.29) is 5.91 Å². The van der Waals surface area contributed by atoms with Crippen molar-refractivity contribution in [3.8, 4) is 0 Å². The predicted molar refractivity (Wildman–Crippen MR) is 80.5 cm³/mol. The molecule has 0 bridgehead atoms. The van der Waals surface area contributed by atoms with Crippen molar-refractivity contribution in [1.82, 2.24) is 0 Å². The summed E-state index contributed by atoms with van der Waals surface area (Å²) in [6, 6.07) is 9.66. The molecule has 1 amide bonds. The highest BCUT2D eigenvalue weighted by Gasteiger charge is 2.25. The van der Waals surface area contributed by atoms with E-state index < -0.39 is 0 Å². The van der Waals surface area contributed by atoms with Crippen LogP contribution in [0.1, 0.15) is 35.0 Å². The normalized spacial score (nSPS) is 14.6. The summed E-state index contributed by atoms with van der Waals surface area (Å²) in [6.45, 7) is 3.73. The summed E-state index contributed by atoms with van der Waals surface area (Å²) in [7, 11) is 0. The number of fused-ring (bicyclic) bond motifs is 1. The third-order valence-corrected chi connectivity index (χ3v) is 3.70. The Morgan fingerprint density at radius 2 is 2.14 bits per heavy atom. The minimum atomic E-state index is -0.00912. The second-order valence-corrected chi connectivity index (χ2v) is 5.15. The molecule has 4 heteroatoms. The van der Waals surface area contributed by atoms with Gasteiger partial charge in [0.15, 0.2) is 0 Å². The zero-order valence-electron chi connectivity index (χ0n) is 12.2. The Balaban J connectivity index is 1.95. The first kappa shape index (κ1) is 13.9. The van der Waals surface area contributed by atoms with Crippen molar-refractivity contribution in [2.75, 3.05) is 18.1 Å². The van der Waals surface area contributed by atoms with E-state index >= 15 is 0 Å². The van der Waals surface area contributed by atoms with Crippen LogP contribution in [-0.4, -0.2) is 19.1 Å². The minimum absolute atomic E-state index is 0.00912. The summed E-state index contributed by atoms with van der Waals surface area (Å²) in [5, 5.41) is 0. The van der Waals surface area contributed by atoms with Gasteiger partial charge in [-0.25, -0.2) is 0 Å². The summed E-state index contributed by atoms with van der Waals surface area (Å²) >= 11 is 0. The van der Waals surface area contributed by atoms with Crippen molar-refractivity contribution >= 4 is 11.6 Å². The first-order valence-corrected chi connectivity index (χ1v) is 7.35. The first-order valence-electron chi connectivity index (χ1n) is 7.35. The van der Waals surface area contributed by atoms with Crippen LogP contribution in [0.15, 0.2) is 41.0 Å². The monoisotopic (exact) mass is 285 g/mol. The molecule has 3 rings (SSSR count). The van der Waals surface area contributed by atoms with Crippen LogP contribution in [0, 0.1) is 0 Å². The average molecular weight is 285 g/mol. The number of amides is 1. The lowest BCUT2D eigenvalue weighted by Gasteiger charge is -2.22. The van der Waals surface area contributed by atoms with Crippen molar-refractivity contribution in [1.29, 1.82) is 0 Å². The number of anilines is 1. The van der Waals surface area contributed by atoms with Gasteiger partial charge in [-0.05, 0) is 18.6 Å². The highest BCUT2D eigenvalue weighted by Crippen LogP contribution is 2.26. The molecule has 110 valence electrons. The molecule has 0 saturated carbocycles. The van der Waals surface area contributed by atoms with Gasteiger partial charge in [0.25, 0.3) is 5.91 Å². The summed E-state index contributed by atoms with van der Waals surface area (Å²) in [6.07, 6.45) is 3.33. The maximum atomic E-state index is 12.9. The Hall–Kier alpha value is -2.07. The van der Waals surface area contributed by atoms with Crippen LogP contribution >= 0.6 is 0 Å². The lowest BCUT2D eigenvalue weighted by Crippen LogP contribution is -2.33. The van der Waals surface area contributed by atoms with Crippen LogP contribution in [0.4, 0.5) is 5.69 Å². The molecular weight excluding hydrogens is 266 g/mol. The number of rotatable bonds is 3. The maximum absolute atomic E-state index is 12.9. The number of carbonyl (C=O) groups excluding carboxylic acids is 1. The molecule has 1 aromatic carbocycles. The molecule has 1 aliphatic rings. The van der Waals surface area contributed by atoms with Crippen LogP contribution in [-0.2, 0) is 17.8 Å². The molecule has 1 aromatic heterocycles. The molecule has 21 heavy (non-hydrogen) atoms. The Kier molecular flexibility index (Phi) is 4.06. The van der Waals surface area contributed by atoms with Crippen molar-refractivity contribution in [2.45, 2.75) is 26.4 Å². The number of furan rings is 1. The molecular formula is C17H19NO3. The molecule has 0 aliphatic carbocycles. The highest BCUT2D eigenvalue weighted by atomic mass is 16.5. The topological polar surface area (TPSA) is 42.7 Å². The second kappa shape index (κ2) is 6.14. The Labute approximate surface area is 124 Å². The van der Waals surface area contributed by atoms with E-state index in [0.29, 0.717) is 25.3 Å². The van der Waals surface area contributed by atoms with Crippen LogP contribution in [0.5, 0.6) is 0 Å². The van der Waals surface area contributed by atoms with Crippen molar-refractivity contribution in [2.24, 2.45) is 0 Å². The lowest BCUT2D eigenvalue weighted by atomic mass is 10.1. The largest absolute Gasteiger partial charge is 0.469 e. The van der Waals surface area contributed by atoms with Gasteiger partial charge >= 0.3 is 0 Å². The van der Waals surface area contributed by atoms with Crippen molar-refractivity contribution in [3.05, 3.63) is 53.5 Å². The molecule has 0 spiro atoms. The molecule has 0 saturated heterocycles. The molecule has 0 fully saturated rings. The van der Waals surface area contributed by atoms with Crippen LogP contribution in [0.25, 0.3) is 0 Å². The van der Waals surface area contributed by atoms with Crippen LogP contribution in [0.3, 0.4) is 0 Å². The molecule has 4 nitrogen and oxygen atoms in total. The number of nitrogens with zero attached hydrogens (tertiary/aromatic N) is 1. The van der Waals surface area contributed by atoms with Gasteiger partial charge in [-0.2, -0.15) is 0 Å². The lowest BCUT2D eigenvalue weighted by molar-refractivity contribution is 0.0964. The number of carbonyl (C=O) groups is 1. The fourth-order valence-electron chi connectivity index (χ4n) is 2.66. The van der Waals surface area contributed by atoms with Gasteiger partial charge in [0.2, 0.25) is 0 Å². The third-order valence-electron chi connectivity index (χ3n) is 3.70. The molecule has 0 atom stereocenters. The summed E-state index contributed by atoms with van der Waals surface area (Å²) in [4.78, 5) is 14.7. The standard InChI is InChI=1S/C17H19NO3/c1-2-5-16-14(8-10-21-16)17(19)18-9-11-20-12-13-6-3-4-7-15(13)18/h3-4,6-8,10H,2,5,9,11-12H2,1H3. The molecule has 0 N–H and O–H groups in total. The Morgan fingerprint density at radius 1 is 1.29 bits per heavy atom. The van der Waals surface area contributed by atoms with E-state index in [2.05, 4.69) is 6.92 Å². The van der Waals surface area contributed by atoms with E-state index in [1.54, 1.807) is 17.2 Å². The number of hydrogen-bond donors (Lipinski definition) is 0. The quantitative estimate of drug-likeness (QED) is 0.868. The maximum Gasteiger partial charge on any atom is 0.261 e. The van der Waals surface area contributed by atoms with Gasteiger partial charge in [-0.15, -0.1) is 0 Å². The summed E-state index contributed by atoms with van der Waals surface area (Å²) in [5.74, 6) is 0.760. The van der Waals surface area contributed by atoms with Crippen molar-refractivity contribution < 1.29 is 13.9 Å². The molecule has 0 radical (unpaired) electrons. The molecule has 2 aromatic rings. The molecule has 0 unspecified atom stereocenters. The zero-order valence-corrected chi connectivity index (χ0v) is 12.2. The number of aryl methyl sites for hydroxylation is 1. The van der Waals surface area contributed by atoms with Crippen LogP contribution < -0.4 is 4.90 Å². The SMILES string of the molecule is CCCc1occc1C(=O)N1CCOCc2ccccc21. The predicted octanol–water partition coefficient (Wildman–Crippen LogP) is 3.41. The van der Waals surface area contributed by atoms with E-state index in [1.165, 1.54) is 0 Å². The van der Waals surface area contributed by atoms with E-state index in [4.69, 9.17) is 9.15 Å². The molecule has 2 heterocycles. The van der Waals surface area contributed by atoms with E-state index in [0.717, 1.165) is 29.9 Å². The van der Waals surface area contributed by atoms with Gasteiger partial charge < -0.3 is 14.1 Å². The molecule has 1 aliphatic heterocycles. The number of para-hydroxylation sites is 1. The third kappa shape index (κ3) is 2.72. The van der Waals surface area contributed by atoms with Gasteiger partial charge in [0, 0.05) is 24.2 Å². The van der Waals surface area contributed by atoms with Crippen LogP contribution in [0.2, 0.25) is 0 Å². The number of ether oxygens (including phenoxy) is 1. The van der Waals surface area contributed by atoms with Gasteiger partial charge in [0.05, 0.1) is 25.0 Å². The second-order valence-electron chi connectivity index (χ2n) is 5.15. The summed E-state index contributed by atoms with van der Waals surface area (Å²) in [5.41, 5.74) is 2.64. The van der Waals surface area contributed by atoms with Gasteiger partial charge in [-0.1, -0.05) is 25.1 Å². The van der Waals surface area contributed by atoms with E-state index in [9.17, 15) is 4.79 Å². The zero-order chi connectivity index (χ0) is 14.7. The Bertz CT molecular complexity index is 632. The minimum Gasteiger partial charge on any atom is -0.469 e. The van der Waals surface area contributed by atoms with Crippen molar-refractivity contribution in [3.63, 3.8) is 0 Å². The Morgan fingerprint density at radius 3 is 3.00 bits per heavy atom. The average Bonchev–Trinajstić information content (AvgIpc) is 2.85. The first-order chi connectivity index (χ1) is 10.3. The van der Waals surface area contributed by atoms with Gasteiger partial charge in [-0.3, -0.25) is 4.79 Å². The van der Waals surface area contributed by atoms with Gasteiger partial charge in [0.1, 0.15) is 5.76 Å². The van der Waals surface area contributed by atoms with E-state index in [1.807, 2.05) is 24.3 Å². The number of hydrogen-bond acceptors (Lipinski definition) is 3. The highest BCUT2D eigenvalue weighted by molar-refractivity contribution is 6.07. The smallest absolute Gasteiger partial charge is 0.261 e. The number of benzene rings is 1.